The highest BCUT2D eigenvalue weighted by molar-refractivity contribution is 5.13. The number of hydrogen-bond acceptors (Lipinski definition) is 3. The van der Waals surface area contributed by atoms with Gasteiger partial charge < -0.3 is 10.0 Å². The smallest absolute Gasteiger partial charge is 0.0829 e. The second-order valence-corrected chi connectivity index (χ2v) is 4.73. The number of hydrogen-bond donors (Lipinski definition) is 1. The van der Waals surface area contributed by atoms with Gasteiger partial charge >= 0.3 is 0 Å². The van der Waals surface area contributed by atoms with E-state index in [9.17, 15) is 5.11 Å². The van der Waals surface area contributed by atoms with Gasteiger partial charge in [-0.3, -0.25) is 4.98 Å². The van der Waals surface area contributed by atoms with Crippen LogP contribution in [0.2, 0.25) is 0 Å². The maximum atomic E-state index is 10.4. The van der Waals surface area contributed by atoms with E-state index >= 15 is 0 Å². The molecule has 1 N–H and O–H groups in total. The molecule has 0 aromatic carbocycles. The highest BCUT2D eigenvalue weighted by Gasteiger charge is 2.38. The van der Waals surface area contributed by atoms with Crippen LogP contribution in [-0.4, -0.2) is 40.2 Å². The zero-order chi connectivity index (χ0) is 10.9. The molecule has 82 valence electrons. The minimum Gasteiger partial charge on any atom is -0.388 e. The van der Waals surface area contributed by atoms with Gasteiger partial charge in [0.25, 0.3) is 0 Å². The van der Waals surface area contributed by atoms with Crippen molar-refractivity contribution in [3.63, 3.8) is 0 Å². The zero-order valence-electron chi connectivity index (χ0n) is 9.35. The summed E-state index contributed by atoms with van der Waals surface area (Å²) in [6.07, 6.45) is 5.14. The Morgan fingerprint density at radius 2 is 2.47 bits per heavy atom. The molecule has 0 bridgehead atoms. The number of aromatic nitrogens is 1. The van der Waals surface area contributed by atoms with E-state index in [1.54, 1.807) is 6.20 Å². The van der Waals surface area contributed by atoms with E-state index in [-0.39, 0.29) is 0 Å². The van der Waals surface area contributed by atoms with Gasteiger partial charge in [0.1, 0.15) is 0 Å². The third kappa shape index (κ3) is 2.36. The summed E-state index contributed by atoms with van der Waals surface area (Å²) >= 11 is 0. The number of β-amino-alcohol motifs (C(OH)–C–C–N with tert-alkyl or cyclic N) is 1. The minimum absolute atomic E-state index is 0.465. The Balaban J connectivity index is 2.06. The van der Waals surface area contributed by atoms with E-state index < -0.39 is 5.60 Å². The van der Waals surface area contributed by atoms with Crippen LogP contribution in [0.5, 0.6) is 0 Å². The molecule has 3 heteroatoms. The molecular weight excluding hydrogens is 188 g/mol. The Morgan fingerprint density at radius 1 is 1.67 bits per heavy atom. The summed E-state index contributed by atoms with van der Waals surface area (Å²) in [6.45, 7) is 2.91. The SMILES string of the molecule is CC1CC(O)(Cc2cccnc2)CN1C. The van der Waals surface area contributed by atoms with Crippen molar-refractivity contribution in [3.8, 4) is 0 Å². The van der Waals surface area contributed by atoms with Gasteiger partial charge in [0, 0.05) is 31.4 Å². The molecule has 1 aliphatic heterocycles. The average Bonchev–Trinajstić information content (AvgIpc) is 2.42. The van der Waals surface area contributed by atoms with Crippen molar-refractivity contribution in [2.45, 2.75) is 31.4 Å². The van der Waals surface area contributed by atoms with E-state index in [1.165, 1.54) is 0 Å². The maximum absolute atomic E-state index is 10.4. The summed E-state index contributed by atoms with van der Waals surface area (Å²) in [5.74, 6) is 0. The lowest BCUT2D eigenvalue weighted by Gasteiger charge is -2.21. The molecule has 1 aliphatic rings. The largest absolute Gasteiger partial charge is 0.388 e. The van der Waals surface area contributed by atoms with E-state index in [0.29, 0.717) is 12.5 Å². The van der Waals surface area contributed by atoms with Gasteiger partial charge in [-0.05, 0) is 32.0 Å². The monoisotopic (exact) mass is 206 g/mol. The molecule has 2 heterocycles. The summed E-state index contributed by atoms with van der Waals surface area (Å²) in [7, 11) is 2.06. The molecule has 0 spiro atoms. The second-order valence-electron chi connectivity index (χ2n) is 4.73. The van der Waals surface area contributed by atoms with E-state index in [1.807, 2.05) is 18.3 Å². The predicted octanol–water partition coefficient (Wildman–Crippen LogP) is 1.08. The number of likely N-dealkylation sites (N-methyl/N-ethyl adjacent to an activating group) is 1. The summed E-state index contributed by atoms with van der Waals surface area (Å²) in [5.41, 5.74) is 0.541. The van der Waals surface area contributed by atoms with Gasteiger partial charge in [-0.2, -0.15) is 0 Å². The molecule has 1 saturated heterocycles. The summed E-state index contributed by atoms with van der Waals surface area (Å²) < 4.78 is 0. The lowest BCUT2D eigenvalue weighted by molar-refractivity contribution is 0.0520. The fraction of sp³-hybridized carbons (Fsp3) is 0.583. The molecule has 1 aromatic heterocycles. The quantitative estimate of drug-likeness (QED) is 0.786. The van der Waals surface area contributed by atoms with Gasteiger partial charge in [0.2, 0.25) is 0 Å². The molecule has 2 unspecified atom stereocenters. The Bertz CT molecular complexity index is 316. The highest BCUT2D eigenvalue weighted by atomic mass is 16.3. The molecule has 1 fully saturated rings. The Hall–Kier alpha value is -0.930. The summed E-state index contributed by atoms with van der Waals surface area (Å²) in [5, 5.41) is 10.4. The second kappa shape index (κ2) is 3.91. The van der Waals surface area contributed by atoms with Crippen LogP contribution >= 0.6 is 0 Å². The van der Waals surface area contributed by atoms with Crippen molar-refractivity contribution in [2.24, 2.45) is 0 Å². The van der Waals surface area contributed by atoms with Crippen LogP contribution in [0, 0.1) is 0 Å². The first kappa shape index (κ1) is 10.6. The molecule has 0 amide bonds. The van der Waals surface area contributed by atoms with Gasteiger partial charge in [0.05, 0.1) is 5.60 Å². The van der Waals surface area contributed by atoms with E-state index in [4.69, 9.17) is 0 Å². The van der Waals surface area contributed by atoms with Gasteiger partial charge in [-0.25, -0.2) is 0 Å². The summed E-state index contributed by atoms with van der Waals surface area (Å²) in [4.78, 5) is 6.28. The summed E-state index contributed by atoms with van der Waals surface area (Å²) in [6, 6.07) is 4.40. The topological polar surface area (TPSA) is 36.4 Å². The lowest BCUT2D eigenvalue weighted by atomic mass is 9.93. The zero-order valence-corrected chi connectivity index (χ0v) is 9.35. The Kier molecular flexibility index (Phi) is 2.76. The van der Waals surface area contributed by atoms with Crippen molar-refractivity contribution in [1.29, 1.82) is 0 Å². The van der Waals surface area contributed by atoms with Crippen molar-refractivity contribution in [2.75, 3.05) is 13.6 Å². The average molecular weight is 206 g/mol. The molecule has 1 aromatic rings. The fourth-order valence-corrected chi connectivity index (χ4v) is 2.40. The van der Waals surface area contributed by atoms with Crippen LogP contribution in [0.15, 0.2) is 24.5 Å². The third-order valence-corrected chi connectivity index (χ3v) is 3.23. The van der Waals surface area contributed by atoms with Gasteiger partial charge in [-0.15, -0.1) is 0 Å². The highest BCUT2D eigenvalue weighted by Crippen LogP contribution is 2.28. The number of likely N-dealkylation sites (tertiary alicyclic amines) is 1. The number of nitrogens with zero attached hydrogens (tertiary/aromatic N) is 2. The van der Waals surface area contributed by atoms with Crippen LogP contribution in [0.4, 0.5) is 0 Å². The van der Waals surface area contributed by atoms with Gasteiger partial charge in [-0.1, -0.05) is 6.07 Å². The standard InChI is InChI=1S/C12H18N2O/c1-10-6-12(15,9-14(10)2)7-11-4-3-5-13-8-11/h3-5,8,10,15H,6-7,9H2,1-2H3. The molecule has 0 aliphatic carbocycles. The molecule has 0 saturated carbocycles. The predicted molar refractivity (Wildman–Crippen MR) is 59.6 cm³/mol. The van der Waals surface area contributed by atoms with Crippen LogP contribution < -0.4 is 0 Å². The Labute approximate surface area is 90.8 Å². The number of pyridine rings is 1. The van der Waals surface area contributed by atoms with Gasteiger partial charge in [0.15, 0.2) is 0 Å². The van der Waals surface area contributed by atoms with Crippen LogP contribution in [0.25, 0.3) is 0 Å². The van der Waals surface area contributed by atoms with Crippen LogP contribution in [0.1, 0.15) is 18.9 Å². The van der Waals surface area contributed by atoms with Crippen molar-refractivity contribution in [3.05, 3.63) is 30.1 Å². The van der Waals surface area contributed by atoms with Crippen molar-refractivity contribution in [1.82, 2.24) is 9.88 Å². The van der Waals surface area contributed by atoms with Crippen molar-refractivity contribution >= 4 is 0 Å². The minimum atomic E-state index is -0.572. The first-order valence-electron chi connectivity index (χ1n) is 5.41. The van der Waals surface area contributed by atoms with E-state index in [2.05, 4.69) is 23.9 Å². The van der Waals surface area contributed by atoms with Crippen molar-refractivity contribution < 1.29 is 5.11 Å². The third-order valence-electron chi connectivity index (χ3n) is 3.23. The number of rotatable bonds is 2. The molecule has 2 rings (SSSR count). The fourth-order valence-electron chi connectivity index (χ4n) is 2.40. The molecule has 2 atom stereocenters. The molecule has 3 nitrogen and oxygen atoms in total. The lowest BCUT2D eigenvalue weighted by Crippen LogP contribution is -2.34. The van der Waals surface area contributed by atoms with Crippen LogP contribution in [0.3, 0.4) is 0 Å². The first-order chi connectivity index (χ1) is 7.09. The number of aliphatic hydroxyl groups is 1. The van der Waals surface area contributed by atoms with Crippen LogP contribution in [-0.2, 0) is 6.42 Å². The normalized spacial score (nSPS) is 32.1. The van der Waals surface area contributed by atoms with E-state index in [0.717, 1.165) is 18.5 Å². The Morgan fingerprint density at radius 3 is 3.00 bits per heavy atom. The molecule has 15 heavy (non-hydrogen) atoms. The molecular formula is C12H18N2O. The maximum Gasteiger partial charge on any atom is 0.0829 e. The molecule has 0 radical (unpaired) electrons. The first-order valence-corrected chi connectivity index (χ1v) is 5.41.